The molecule has 1 aliphatic heterocycles. The summed E-state index contributed by atoms with van der Waals surface area (Å²) in [6.07, 6.45) is 0.545. The zero-order valence-corrected chi connectivity index (χ0v) is 18.4. The Hall–Kier alpha value is -1.70. The second-order valence-electron chi connectivity index (χ2n) is 6.38. The molecule has 1 heterocycles. The Morgan fingerprint density at radius 3 is 2.67 bits per heavy atom. The number of sulfonamides is 1. The number of nitrogens with one attached hydrogen (secondary N) is 1. The fourth-order valence-electron chi connectivity index (χ4n) is 2.86. The highest BCUT2D eigenvalue weighted by Gasteiger charge is 2.29. The molecule has 0 aliphatic carbocycles. The molecule has 2 aromatic rings. The number of hydrogen-bond acceptors (Lipinski definition) is 4. The molecule has 0 saturated heterocycles. The van der Waals surface area contributed by atoms with Crippen molar-refractivity contribution in [3.63, 3.8) is 0 Å². The molecule has 1 unspecified atom stereocenters. The topological polar surface area (TPSA) is 58.6 Å². The van der Waals surface area contributed by atoms with Crippen molar-refractivity contribution in [3.05, 3.63) is 57.7 Å². The average molecular weight is 472 g/mol. The van der Waals surface area contributed by atoms with Gasteiger partial charge in [0.1, 0.15) is 16.7 Å². The first-order valence-corrected chi connectivity index (χ1v) is 11.0. The molecule has 1 N–H and O–H groups in total. The van der Waals surface area contributed by atoms with E-state index in [4.69, 9.17) is 16.3 Å². The molecule has 144 valence electrons. The predicted molar refractivity (Wildman–Crippen MR) is 113 cm³/mol. The maximum absolute atomic E-state index is 12.9. The molecule has 0 spiro atoms. The van der Waals surface area contributed by atoms with Gasteiger partial charge in [-0.15, -0.1) is 0 Å². The number of nitrogens with zero attached hydrogens (tertiary/aromatic N) is 1. The lowest BCUT2D eigenvalue weighted by molar-refractivity contribution is 0.220. The Bertz CT molecular complexity index is 1020. The third-order valence-electron chi connectivity index (χ3n) is 4.53. The molecule has 0 bridgehead atoms. The van der Waals surface area contributed by atoms with Crippen LogP contribution in [-0.4, -0.2) is 21.6 Å². The summed E-state index contributed by atoms with van der Waals surface area (Å²) in [5.74, 6) is 0.502. The van der Waals surface area contributed by atoms with Gasteiger partial charge < -0.3 is 9.64 Å². The largest absolute Gasteiger partial charge is 0.482 e. The third kappa shape index (κ3) is 3.81. The van der Waals surface area contributed by atoms with E-state index in [1.54, 1.807) is 24.3 Å². The summed E-state index contributed by atoms with van der Waals surface area (Å²) in [7, 11) is -1.95. The van der Waals surface area contributed by atoms with Crippen LogP contribution < -0.4 is 14.4 Å². The molecular weight excluding hydrogens is 452 g/mol. The van der Waals surface area contributed by atoms with E-state index in [1.807, 2.05) is 25.8 Å². The summed E-state index contributed by atoms with van der Waals surface area (Å²) in [5.41, 5.74) is 2.86. The number of rotatable bonds is 4. The van der Waals surface area contributed by atoms with E-state index in [1.165, 1.54) is 6.07 Å². The van der Waals surface area contributed by atoms with Crippen molar-refractivity contribution < 1.29 is 13.2 Å². The van der Waals surface area contributed by atoms with Crippen LogP contribution in [0.1, 0.15) is 18.9 Å². The molecule has 3 rings (SSSR count). The normalized spacial score (nSPS) is 16.7. The lowest BCUT2D eigenvalue weighted by Gasteiger charge is -2.35. The minimum Gasteiger partial charge on any atom is -0.482 e. The molecule has 1 aliphatic rings. The first kappa shape index (κ1) is 20.0. The summed E-state index contributed by atoms with van der Waals surface area (Å²) >= 11 is 9.47. The van der Waals surface area contributed by atoms with Crippen molar-refractivity contribution in [2.75, 3.05) is 16.7 Å². The van der Waals surface area contributed by atoms with Crippen LogP contribution in [0, 0.1) is 6.92 Å². The fourth-order valence-corrected chi connectivity index (χ4v) is 5.14. The molecule has 0 amide bonds. The van der Waals surface area contributed by atoms with E-state index in [0.29, 0.717) is 20.9 Å². The van der Waals surface area contributed by atoms with E-state index in [9.17, 15) is 8.42 Å². The van der Waals surface area contributed by atoms with Crippen molar-refractivity contribution in [1.29, 1.82) is 0 Å². The average Bonchev–Trinajstić information content (AvgIpc) is 2.61. The van der Waals surface area contributed by atoms with Gasteiger partial charge in [0.25, 0.3) is 10.0 Å². The van der Waals surface area contributed by atoms with Gasteiger partial charge in [-0.05, 0) is 53.0 Å². The van der Waals surface area contributed by atoms with Crippen molar-refractivity contribution in [1.82, 2.24) is 0 Å². The van der Waals surface area contributed by atoms with Gasteiger partial charge in [0.15, 0.2) is 0 Å². The molecule has 5 nitrogen and oxygen atoms in total. The van der Waals surface area contributed by atoms with Crippen LogP contribution in [0.4, 0.5) is 11.4 Å². The first-order valence-electron chi connectivity index (χ1n) is 8.35. The molecule has 0 radical (unpaired) electrons. The van der Waals surface area contributed by atoms with Gasteiger partial charge in [-0.3, -0.25) is 4.72 Å². The summed E-state index contributed by atoms with van der Waals surface area (Å²) in [6, 6.07) is 8.28. The molecule has 0 fully saturated rings. The number of hydrogen-bond donors (Lipinski definition) is 1. The molecule has 27 heavy (non-hydrogen) atoms. The van der Waals surface area contributed by atoms with Crippen LogP contribution in [0.15, 0.2) is 52.0 Å². The van der Waals surface area contributed by atoms with Crippen LogP contribution in [0.2, 0.25) is 5.02 Å². The number of halogens is 2. The predicted octanol–water partition coefficient (Wildman–Crippen LogP) is 5.33. The highest BCUT2D eigenvalue weighted by atomic mass is 79.9. The van der Waals surface area contributed by atoms with E-state index in [-0.39, 0.29) is 11.0 Å². The van der Waals surface area contributed by atoms with Crippen LogP contribution in [0.5, 0.6) is 5.75 Å². The molecular formula is C19H20BrClN2O3S. The zero-order valence-electron chi connectivity index (χ0n) is 15.2. The van der Waals surface area contributed by atoms with Crippen LogP contribution >= 0.6 is 27.5 Å². The Kier molecular flexibility index (Phi) is 5.47. The quantitative estimate of drug-likeness (QED) is 0.654. The van der Waals surface area contributed by atoms with Gasteiger partial charge in [0.2, 0.25) is 0 Å². The summed E-state index contributed by atoms with van der Waals surface area (Å²) in [4.78, 5) is 2.01. The van der Waals surface area contributed by atoms with Crippen LogP contribution in [0.25, 0.3) is 0 Å². The van der Waals surface area contributed by atoms with Crippen molar-refractivity contribution in [2.45, 2.75) is 31.3 Å². The van der Waals surface area contributed by atoms with E-state index in [2.05, 4.69) is 27.2 Å². The maximum atomic E-state index is 12.9. The van der Waals surface area contributed by atoms with Crippen molar-refractivity contribution in [2.24, 2.45) is 0 Å². The lowest BCUT2D eigenvalue weighted by atomic mass is 10.1. The van der Waals surface area contributed by atoms with Gasteiger partial charge in [0, 0.05) is 22.6 Å². The number of fused-ring (bicyclic) bond motifs is 1. The second kappa shape index (κ2) is 7.37. The minimum absolute atomic E-state index is 0.0914. The first-order chi connectivity index (χ1) is 12.6. The number of likely N-dealkylation sites (N-methyl/N-ethyl adjacent to an activating group) is 1. The Labute approximate surface area is 173 Å². The monoisotopic (exact) mass is 470 g/mol. The smallest absolute Gasteiger partial charge is 0.263 e. The molecule has 2 aromatic carbocycles. The lowest BCUT2D eigenvalue weighted by Crippen LogP contribution is -2.34. The highest BCUT2D eigenvalue weighted by Crippen LogP contribution is 2.42. The molecule has 1 atom stereocenters. The molecule has 0 aromatic heterocycles. The summed E-state index contributed by atoms with van der Waals surface area (Å²) in [5, 5.41) is 0.494. The van der Waals surface area contributed by atoms with Gasteiger partial charge >= 0.3 is 0 Å². The fraction of sp³-hybridized carbons (Fsp3) is 0.263. The summed E-state index contributed by atoms with van der Waals surface area (Å²) < 4.78 is 34.8. The second-order valence-corrected chi connectivity index (χ2v) is 9.30. The van der Waals surface area contributed by atoms with Crippen molar-refractivity contribution >= 4 is 48.9 Å². The van der Waals surface area contributed by atoms with Crippen molar-refractivity contribution in [3.8, 4) is 5.75 Å². The van der Waals surface area contributed by atoms with Gasteiger partial charge in [0.05, 0.1) is 17.1 Å². The SMILES string of the molecule is C=C1C(CC)Oc2cc(S(=O)(=O)Nc3ccc(C)c(Cl)c3)c(Br)cc2N1C. The van der Waals surface area contributed by atoms with Crippen LogP contribution in [-0.2, 0) is 10.0 Å². The minimum atomic E-state index is -3.84. The van der Waals surface area contributed by atoms with E-state index >= 15 is 0 Å². The number of ether oxygens (including phenoxy) is 1. The summed E-state index contributed by atoms with van der Waals surface area (Å²) in [6.45, 7) is 7.91. The number of anilines is 2. The van der Waals surface area contributed by atoms with Gasteiger partial charge in [-0.1, -0.05) is 31.2 Å². The highest BCUT2D eigenvalue weighted by molar-refractivity contribution is 9.10. The third-order valence-corrected chi connectivity index (χ3v) is 7.28. The maximum Gasteiger partial charge on any atom is 0.263 e. The Morgan fingerprint density at radius 2 is 2.04 bits per heavy atom. The zero-order chi connectivity index (χ0) is 19.9. The van der Waals surface area contributed by atoms with Crippen LogP contribution in [0.3, 0.4) is 0 Å². The number of benzene rings is 2. The Morgan fingerprint density at radius 1 is 1.33 bits per heavy atom. The van der Waals surface area contributed by atoms with Gasteiger partial charge in [-0.25, -0.2) is 8.42 Å². The molecule has 8 heteroatoms. The van der Waals surface area contributed by atoms with E-state index in [0.717, 1.165) is 23.4 Å². The van der Waals surface area contributed by atoms with Gasteiger partial charge in [-0.2, -0.15) is 0 Å². The van der Waals surface area contributed by atoms with E-state index < -0.39 is 10.0 Å². The molecule has 0 saturated carbocycles. The standard InChI is InChI=1S/C19H20BrClN2O3S/c1-5-17-12(3)23(4)16-9-14(20)19(10-18(16)26-17)27(24,25)22-13-7-6-11(2)15(21)8-13/h6-10,17,22H,3,5H2,1-2,4H3. The number of aryl methyl sites for hydroxylation is 1. The Balaban J connectivity index is 2.01.